The molecule has 0 unspecified atom stereocenters. The molecule has 0 bridgehead atoms. The molecular formula is C32H36N2O3. The molecule has 0 aromatic heterocycles. The average molecular weight is 497 g/mol. The van der Waals surface area contributed by atoms with Crippen molar-refractivity contribution >= 4 is 29.3 Å². The van der Waals surface area contributed by atoms with Gasteiger partial charge in [-0.3, -0.25) is 4.79 Å². The smallest absolute Gasteiger partial charge is 0.328 e. The van der Waals surface area contributed by atoms with Gasteiger partial charge in [-0.05, 0) is 84.3 Å². The molecule has 1 amide bonds. The van der Waals surface area contributed by atoms with Crippen LogP contribution in [0.4, 0.5) is 11.4 Å². The third-order valence-corrected chi connectivity index (χ3v) is 7.38. The molecule has 0 radical (unpaired) electrons. The summed E-state index contributed by atoms with van der Waals surface area (Å²) in [6.45, 7) is 2.14. The lowest BCUT2D eigenvalue weighted by molar-refractivity contribution is -0.131. The van der Waals surface area contributed by atoms with Gasteiger partial charge in [-0.15, -0.1) is 0 Å². The van der Waals surface area contributed by atoms with Crippen molar-refractivity contribution < 1.29 is 14.7 Å². The standard InChI is InChI=1S/C32H36N2O3/c1-23-20-25(10-16-29(23)26-12-14-28(15-13-26)34(2)3)22-32(18-5-4-6-19-32)31(37)33-27-9-7-8-24(21-27)11-17-30(35)36/h7-17,20-21H,4-6,18-19,22H2,1-3H3,(H,33,37)(H,35,36)/b17-11+. The monoisotopic (exact) mass is 496 g/mol. The first-order chi connectivity index (χ1) is 17.8. The van der Waals surface area contributed by atoms with Gasteiger partial charge < -0.3 is 15.3 Å². The molecule has 3 aromatic rings. The van der Waals surface area contributed by atoms with Crippen LogP contribution in [0.3, 0.4) is 0 Å². The van der Waals surface area contributed by atoms with E-state index in [1.165, 1.54) is 34.0 Å². The molecule has 37 heavy (non-hydrogen) atoms. The third kappa shape index (κ3) is 6.48. The van der Waals surface area contributed by atoms with Gasteiger partial charge in [-0.1, -0.05) is 61.7 Å². The van der Waals surface area contributed by atoms with Crippen LogP contribution in [0.5, 0.6) is 0 Å². The van der Waals surface area contributed by atoms with Crippen molar-refractivity contribution in [2.45, 2.75) is 45.4 Å². The Morgan fingerprint density at radius 1 is 0.973 bits per heavy atom. The third-order valence-electron chi connectivity index (χ3n) is 7.38. The van der Waals surface area contributed by atoms with Crippen LogP contribution in [0, 0.1) is 12.3 Å². The number of carbonyl (C=O) groups excluding carboxylic acids is 1. The highest BCUT2D eigenvalue weighted by atomic mass is 16.4. The number of aliphatic carboxylic acids is 1. The molecule has 5 heteroatoms. The highest BCUT2D eigenvalue weighted by Crippen LogP contribution is 2.41. The number of hydrogen-bond acceptors (Lipinski definition) is 3. The van der Waals surface area contributed by atoms with E-state index in [0.717, 1.165) is 43.7 Å². The summed E-state index contributed by atoms with van der Waals surface area (Å²) in [4.78, 5) is 26.7. The van der Waals surface area contributed by atoms with E-state index >= 15 is 0 Å². The van der Waals surface area contributed by atoms with Crippen molar-refractivity contribution in [3.8, 4) is 11.1 Å². The second kappa shape index (κ2) is 11.5. The Bertz CT molecular complexity index is 1290. The minimum Gasteiger partial charge on any atom is -0.478 e. The van der Waals surface area contributed by atoms with Crippen LogP contribution < -0.4 is 10.2 Å². The highest BCUT2D eigenvalue weighted by Gasteiger charge is 2.39. The Labute approximate surface area is 219 Å². The van der Waals surface area contributed by atoms with Crippen LogP contribution in [0.2, 0.25) is 0 Å². The van der Waals surface area contributed by atoms with Gasteiger partial charge in [0.1, 0.15) is 0 Å². The Morgan fingerprint density at radius 3 is 2.35 bits per heavy atom. The summed E-state index contributed by atoms with van der Waals surface area (Å²) in [5.41, 5.74) is 6.94. The SMILES string of the molecule is Cc1cc(CC2(C(=O)Nc3cccc(/C=C/C(=O)O)c3)CCCCC2)ccc1-c1ccc(N(C)C)cc1. The van der Waals surface area contributed by atoms with Crippen molar-refractivity contribution in [2.24, 2.45) is 5.41 Å². The molecule has 1 aliphatic carbocycles. The summed E-state index contributed by atoms with van der Waals surface area (Å²) in [5.74, 6) is -0.949. The maximum Gasteiger partial charge on any atom is 0.328 e. The van der Waals surface area contributed by atoms with Gasteiger partial charge in [0.2, 0.25) is 5.91 Å². The van der Waals surface area contributed by atoms with Gasteiger partial charge in [0.05, 0.1) is 5.41 Å². The molecule has 2 N–H and O–H groups in total. The summed E-state index contributed by atoms with van der Waals surface area (Å²) in [7, 11) is 4.08. The Morgan fingerprint density at radius 2 is 1.70 bits per heavy atom. The Hall–Kier alpha value is -3.86. The van der Waals surface area contributed by atoms with Crippen molar-refractivity contribution in [3.05, 3.63) is 89.5 Å². The molecule has 0 atom stereocenters. The second-order valence-electron chi connectivity index (χ2n) is 10.4. The number of benzene rings is 3. The molecule has 0 aliphatic heterocycles. The molecule has 1 fully saturated rings. The molecule has 1 aliphatic rings. The summed E-state index contributed by atoms with van der Waals surface area (Å²) >= 11 is 0. The zero-order chi connectivity index (χ0) is 26.4. The van der Waals surface area contributed by atoms with Crippen LogP contribution in [0.25, 0.3) is 17.2 Å². The lowest BCUT2D eigenvalue weighted by Crippen LogP contribution is -2.40. The molecule has 0 spiro atoms. The fourth-order valence-electron chi connectivity index (χ4n) is 5.35. The van der Waals surface area contributed by atoms with E-state index in [0.29, 0.717) is 12.1 Å². The number of nitrogens with one attached hydrogen (secondary N) is 1. The molecule has 3 aromatic carbocycles. The number of carboxylic acid groups (broad SMARTS) is 1. The van der Waals surface area contributed by atoms with E-state index in [-0.39, 0.29) is 5.91 Å². The first kappa shape index (κ1) is 26.2. The molecule has 5 nitrogen and oxygen atoms in total. The lowest BCUT2D eigenvalue weighted by Gasteiger charge is -2.36. The van der Waals surface area contributed by atoms with Crippen molar-refractivity contribution in [1.82, 2.24) is 0 Å². The first-order valence-corrected chi connectivity index (χ1v) is 13.0. The normalized spacial score (nSPS) is 14.9. The predicted octanol–water partition coefficient (Wildman–Crippen LogP) is 6.96. The van der Waals surface area contributed by atoms with Gasteiger partial charge in [0.25, 0.3) is 0 Å². The number of aryl methyl sites for hydroxylation is 1. The van der Waals surface area contributed by atoms with Crippen molar-refractivity contribution in [3.63, 3.8) is 0 Å². The quantitative estimate of drug-likeness (QED) is 0.331. The fraction of sp³-hybridized carbons (Fsp3) is 0.312. The van der Waals surface area contributed by atoms with E-state index in [9.17, 15) is 9.59 Å². The number of amides is 1. The largest absolute Gasteiger partial charge is 0.478 e. The molecular weight excluding hydrogens is 460 g/mol. The summed E-state index contributed by atoms with van der Waals surface area (Å²) < 4.78 is 0. The van der Waals surface area contributed by atoms with Crippen LogP contribution in [-0.4, -0.2) is 31.1 Å². The van der Waals surface area contributed by atoms with E-state index in [2.05, 4.69) is 59.6 Å². The zero-order valence-corrected chi connectivity index (χ0v) is 22.0. The number of carbonyl (C=O) groups is 2. The van der Waals surface area contributed by atoms with Crippen LogP contribution in [0.15, 0.2) is 72.8 Å². The number of carboxylic acids is 1. The molecule has 4 rings (SSSR count). The topological polar surface area (TPSA) is 69.6 Å². The lowest BCUT2D eigenvalue weighted by atomic mass is 9.69. The Kier molecular flexibility index (Phi) is 8.12. The van der Waals surface area contributed by atoms with Gasteiger partial charge in [0.15, 0.2) is 0 Å². The minimum absolute atomic E-state index is 0.0487. The fourth-order valence-corrected chi connectivity index (χ4v) is 5.35. The zero-order valence-electron chi connectivity index (χ0n) is 22.0. The van der Waals surface area contributed by atoms with Crippen LogP contribution in [0.1, 0.15) is 48.8 Å². The minimum atomic E-state index is -0.998. The van der Waals surface area contributed by atoms with Gasteiger partial charge >= 0.3 is 5.97 Å². The van der Waals surface area contributed by atoms with E-state index in [4.69, 9.17) is 5.11 Å². The number of anilines is 2. The van der Waals surface area contributed by atoms with Crippen LogP contribution >= 0.6 is 0 Å². The average Bonchev–Trinajstić information content (AvgIpc) is 2.88. The maximum absolute atomic E-state index is 13.7. The van der Waals surface area contributed by atoms with Gasteiger partial charge in [0, 0.05) is 31.5 Å². The van der Waals surface area contributed by atoms with Crippen molar-refractivity contribution in [2.75, 3.05) is 24.3 Å². The highest BCUT2D eigenvalue weighted by molar-refractivity contribution is 5.96. The van der Waals surface area contributed by atoms with Crippen molar-refractivity contribution in [1.29, 1.82) is 0 Å². The molecule has 0 saturated heterocycles. The predicted molar refractivity (Wildman–Crippen MR) is 152 cm³/mol. The Balaban J connectivity index is 1.54. The number of hydrogen-bond donors (Lipinski definition) is 2. The maximum atomic E-state index is 13.7. The molecule has 0 heterocycles. The van der Waals surface area contributed by atoms with Gasteiger partial charge in [-0.25, -0.2) is 4.79 Å². The summed E-state index contributed by atoms with van der Waals surface area (Å²) in [6, 6.07) is 22.5. The van der Waals surface area contributed by atoms with E-state index < -0.39 is 11.4 Å². The van der Waals surface area contributed by atoms with E-state index in [1.807, 2.05) is 38.4 Å². The summed E-state index contributed by atoms with van der Waals surface area (Å²) in [6.07, 6.45) is 8.32. The molecule has 192 valence electrons. The summed E-state index contributed by atoms with van der Waals surface area (Å²) in [5, 5.41) is 12.1. The van der Waals surface area contributed by atoms with E-state index in [1.54, 1.807) is 0 Å². The number of nitrogens with zero attached hydrogens (tertiary/aromatic N) is 1. The number of rotatable bonds is 8. The van der Waals surface area contributed by atoms with Gasteiger partial charge in [-0.2, -0.15) is 0 Å². The second-order valence-corrected chi connectivity index (χ2v) is 10.4. The first-order valence-electron chi connectivity index (χ1n) is 13.0. The van der Waals surface area contributed by atoms with Crippen LogP contribution in [-0.2, 0) is 16.0 Å². The molecule has 1 saturated carbocycles.